The normalized spacial score (nSPS) is 10.8. The summed E-state index contributed by atoms with van der Waals surface area (Å²) in [4.78, 5) is 18.2. The molecule has 0 unspecified atom stereocenters. The van der Waals surface area contributed by atoms with Crippen molar-refractivity contribution >= 4 is 62.0 Å². The van der Waals surface area contributed by atoms with E-state index >= 15 is 0 Å². The lowest BCUT2D eigenvalue weighted by Crippen LogP contribution is -2.03. The van der Waals surface area contributed by atoms with Gasteiger partial charge in [-0.05, 0) is 23.8 Å². The van der Waals surface area contributed by atoms with E-state index in [1.165, 1.54) is 6.07 Å². The summed E-state index contributed by atoms with van der Waals surface area (Å²) < 4.78 is 0. The summed E-state index contributed by atoms with van der Waals surface area (Å²) in [5.74, 6) is -0.258. The van der Waals surface area contributed by atoms with Crippen molar-refractivity contribution in [1.82, 2.24) is 4.98 Å². The van der Waals surface area contributed by atoms with E-state index in [1.807, 2.05) is 30.3 Å². The van der Waals surface area contributed by atoms with Gasteiger partial charge in [-0.15, -0.1) is 11.3 Å². The van der Waals surface area contributed by atoms with Crippen LogP contribution in [-0.4, -0.2) is 10.8 Å². The lowest BCUT2D eigenvalue weighted by Gasteiger charge is -2.09. The molecule has 0 spiro atoms. The van der Waals surface area contributed by atoms with Crippen LogP contribution >= 0.6 is 34.5 Å². The number of anilines is 2. The van der Waals surface area contributed by atoms with Crippen LogP contribution < -0.4 is 11.5 Å². The maximum absolute atomic E-state index is 13.1. The number of carbonyl (C=O) groups excluding carboxylic acids is 1. The minimum absolute atomic E-state index is 0.0867. The second-order valence-corrected chi connectivity index (χ2v) is 8.05. The van der Waals surface area contributed by atoms with Crippen LogP contribution in [0.4, 0.5) is 11.5 Å². The van der Waals surface area contributed by atoms with Crippen LogP contribution in [0.15, 0.2) is 48.5 Å². The molecule has 29 heavy (non-hydrogen) atoms. The molecular weight excluding hydrogens is 427 g/mol. The highest BCUT2D eigenvalue weighted by atomic mass is 35.5. The second-order valence-electron chi connectivity index (χ2n) is 6.20. The van der Waals surface area contributed by atoms with E-state index in [2.05, 4.69) is 11.1 Å². The predicted molar refractivity (Wildman–Crippen MR) is 118 cm³/mol. The number of rotatable bonds is 3. The van der Waals surface area contributed by atoms with E-state index in [1.54, 1.807) is 12.1 Å². The largest absolute Gasteiger partial charge is 0.397 e. The van der Waals surface area contributed by atoms with Crippen molar-refractivity contribution in [3.8, 4) is 17.2 Å². The van der Waals surface area contributed by atoms with Gasteiger partial charge in [-0.25, -0.2) is 4.98 Å². The molecule has 0 aliphatic heterocycles. The number of nitriles is 1. The van der Waals surface area contributed by atoms with E-state index < -0.39 is 0 Å². The third kappa shape index (κ3) is 3.19. The number of hydrogen-bond donors (Lipinski definition) is 2. The molecule has 8 heteroatoms. The number of nitrogens with zero attached hydrogens (tertiary/aromatic N) is 2. The number of benzene rings is 2. The van der Waals surface area contributed by atoms with Crippen LogP contribution in [-0.2, 0) is 0 Å². The van der Waals surface area contributed by atoms with Crippen LogP contribution in [0.25, 0.3) is 21.3 Å². The molecule has 4 N–H and O–H groups in total. The maximum atomic E-state index is 13.1. The van der Waals surface area contributed by atoms with Crippen LogP contribution in [0.3, 0.4) is 0 Å². The van der Waals surface area contributed by atoms with Gasteiger partial charge in [0, 0.05) is 21.5 Å². The zero-order chi connectivity index (χ0) is 20.7. The number of hydrogen-bond acceptors (Lipinski definition) is 6. The number of aromatic nitrogens is 1. The van der Waals surface area contributed by atoms with E-state index in [0.717, 1.165) is 16.9 Å². The van der Waals surface area contributed by atoms with E-state index in [4.69, 9.17) is 34.7 Å². The van der Waals surface area contributed by atoms with Gasteiger partial charge >= 0.3 is 0 Å². The lowest BCUT2D eigenvalue weighted by atomic mass is 9.97. The van der Waals surface area contributed by atoms with Crippen molar-refractivity contribution in [2.24, 2.45) is 0 Å². The first-order valence-electron chi connectivity index (χ1n) is 8.39. The summed E-state index contributed by atoms with van der Waals surface area (Å²) in [7, 11) is 0. The Morgan fingerprint density at radius 1 is 1.10 bits per heavy atom. The summed E-state index contributed by atoms with van der Waals surface area (Å²) in [6.45, 7) is 0. The Morgan fingerprint density at radius 3 is 2.48 bits per heavy atom. The van der Waals surface area contributed by atoms with Crippen LogP contribution in [0.1, 0.15) is 20.8 Å². The molecule has 0 aliphatic rings. The molecule has 0 fully saturated rings. The minimum Gasteiger partial charge on any atom is -0.397 e. The van der Waals surface area contributed by atoms with Gasteiger partial charge in [0.1, 0.15) is 27.2 Å². The Kier molecular flexibility index (Phi) is 4.89. The Morgan fingerprint density at radius 2 is 1.83 bits per heavy atom. The zero-order valence-corrected chi connectivity index (χ0v) is 17.1. The highest BCUT2D eigenvalue weighted by Crippen LogP contribution is 2.43. The molecule has 0 atom stereocenters. The number of pyridine rings is 1. The first-order valence-corrected chi connectivity index (χ1v) is 9.96. The second kappa shape index (κ2) is 7.37. The van der Waals surface area contributed by atoms with Gasteiger partial charge in [-0.2, -0.15) is 5.26 Å². The van der Waals surface area contributed by atoms with Gasteiger partial charge in [0.25, 0.3) is 0 Å². The summed E-state index contributed by atoms with van der Waals surface area (Å²) in [5, 5.41) is 10.8. The standard InChI is InChI=1S/C21H12Cl2N4OS/c22-11-6-7-12(14(23)8-11)18(28)19-17(25)16-15(10-4-2-1-3-5-10)13(9-24)20(26)27-21(16)29-19/h1-8H,25H2,(H2,26,27). The average molecular weight is 439 g/mol. The first-order chi connectivity index (χ1) is 13.9. The summed E-state index contributed by atoms with van der Waals surface area (Å²) in [6, 6.07) is 16.0. The summed E-state index contributed by atoms with van der Waals surface area (Å²) in [6.07, 6.45) is 0. The topological polar surface area (TPSA) is 106 Å². The number of nitrogens with two attached hydrogens (primary N) is 2. The van der Waals surface area contributed by atoms with Gasteiger partial charge < -0.3 is 11.5 Å². The molecule has 0 bridgehead atoms. The Balaban J connectivity index is 2.02. The fourth-order valence-electron chi connectivity index (χ4n) is 3.14. The number of halogens is 2. The van der Waals surface area contributed by atoms with E-state index in [-0.39, 0.29) is 38.3 Å². The fraction of sp³-hybridized carbons (Fsp3) is 0. The zero-order valence-electron chi connectivity index (χ0n) is 14.7. The summed E-state index contributed by atoms with van der Waals surface area (Å²) >= 11 is 13.3. The van der Waals surface area contributed by atoms with Crippen molar-refractivity contribution in [3.05, 3.63) is 74.6 Å². The highest BCUT2D eigenvalue weighted by Gasteiger charge is 2.25. The molecule has 2 aromatic carbocycles. The molecule has 5 nitrogen and oxygen atoms in total. The van der Waals surface area contributed by atoms with Crippen molar-refractivity contribution in [2.45, 2.75) is 0 Å². The molecule has 0 saturated carbocycles. The van der Waals surface area contributed by atoms with Crippen LogP contribution in [0, 0.1) is 11.3 Å². The average Bonchev–Trinajstić information content (AvgIpc) is 3.03. The van der Waals surface area contributed by atoms with Gasteiger partial charge in [0.05, 0.1) is 10.7 Å². The summed E-state index contributed by atoms with van der Waals surface area (Å²) in [5.41, 5.74) is 14.5. The molecule has 0 aliphatic carbocycles. The number of thiophene rings is 1. The van der Waals surface area contributed by atoms with Gasteiger partial charge in [-0.1, -0.05) is 53.5 Å². The van der Waals surface area contributed by atoms with Crippen molar-refractivity contribution in [2.75, 3.05) is 11.5 Å². The number of fused-ring (bicyclic) bond motifs is 1. The third-order valence-corrected chi connectivity index (χ3v) is 6.11. The highest BCUT2D eigenvalue weighted by molar-refractivity contribution is 7.21. The van der Waals surface area contributed by atoms with Crippen molar-refractivity contribution in [1.29, 1.82) is 5.26 Å². The Labute approximate surface area is 180 Å². The number of nitrogen functional groups attached to an aromatic ring is 2. The number of ketones is 1. The minimum atomic E-state index is -0.344. The van der Waals surface area contributed by atoms with Crippen LogP contribution in [0.2, 0.25) is 10.0 Å². The lowest BCUT2D eigenvalue weighted by molar-refractivity contribution is 0.104. The Hall–Kier alpha value is -3.11. The predicted octanol–water partition coefficient (Wildman–Crippen LogP) is 5.54. The maximum Gasteiger partial charge on any atom is 0.206 e. The Bertz CT molecular complexity index is 1330. The molecule has 2 heterocycles. The van der Waals surface area contributed by atoms with Crippen molar-refractivity contribution in [3.63, 3.8) is 0 Å². The molecule has 4 aromatic rings. The smallest absolute Gasteiger partial charge is 0.206 e. The quantitative estimate of drug-likeness (QED) is 0.408. The first kappa shape index (κ1) is 19.2. The molecular formula is C21H12Cl2N4OS. The van der Waals surface area contributed by atoms with Crippen LogP contribution in [0.5, 0.6) is 0 Å². The molecule has 0 radical (unpaired) electrons. The molecule has 0 amide bonds. The van der Waals surface area contributed by atoms with Crippen molar-refractivity contribution < 1.29 is 4.79 Å². The molecule has 4 rings (SSSR count). The molecule has 142 valence electrons. The number of carbonyl (C=O) groups is 1. The van der Waals surface area contributed by atoms with E-state index in [0.29, 0.717) is 20.8 Å². The van der Waals surface area contributed by atoms with Gasteiger partial charge in [-0.3, -0.25) is 4.79 Å². The van der Waals surface area contributed by atoms with E-state index in [9.17, 15) is 10.1 Å². The third-order valence-electron chi connectivity index (χ3n) is 4.46. The SMILES string of the molecule is N#Cc1c(N)nc2sc(C(=O)c3ccc(Cl)cc3Cl)c(N)c2c1-c1ccccc1. The van der Waals surface area contributed by atoms with Gasteiger partial charge in [0.2, 0.25) is 5.78 Å². The monoisotopic (exact) mass is 438 g/mol. The fourth-order valence-corrected chi connectivity index (χ4v) is 4.70. The van der Waals surface area contributed by atoms with Gasteiger partial charge in [0.15, 0.2) is 0 Å². The molecule has 2 aromatic heterocycles. The molecule has 0 saturated heterocycles.